The van der Waals surface area contributed by atoms with Crippen LogP contribution in [0.4, 0.5) is 0 Å². The molecule has 0 saturated carbocycles. The van der Waals surface area contributed by atoms with Gasteiger partial charge < -0.3 is 9.64 Å². The van der Waals surface area contributed by atoms with E-state index in [9.17, 15) is 4.79 Å². The van der Waals surface area contributed by atoms with Crippen molar-refractivity contribution in [2.75, 3.05) is 59.5 Å². The lowest BCUT2D eigenvalue weighted by Crippen LogP contribution is -2.52. The molecule has 28 heavy (non-hydrogen) atoms. The predicted molar refractivity (Wildman–Crippen MR) is 109 cm³/mol. The SMILES string of the molecule is CCN1CCC2(CN(CCOC)CC23CCN(Cc2ccccn2)CC3)C1=O. The minimum absolute atomic E-state index is 0.113. The highest BCUT2D eigenvalue weighted by Crippen LogP contribution is 2.57. The van der Waals surface area contributed by atoms with Crippen LogP contribution in [0.15, 0.2) is 24.4 Å². The number of ether oxygens (including phenoxy) is 1. The van der Waals surface area contributed by atoms with E-state index < -0.39 is 0 Å². The Balaban J connectivity index is 1.50. The second-order valence-electron chi connectivity index (χ2n) is 8.80. The summed E-state index contributed by atoms with van der Waals surface area (Å²) < 4.78 is 5.33. The van der Waals surface area contributed by atoms with Crippen molar-refractivity contribution in [3.63, 3.8) is 0 Å². The van der Waals surface area contributed by atoms with Crippen molar-refractivity contribution in [2.24, 2.45) is 10.8 Å². The number of amides is 1. The Hall–Kier alpha value is -1.50. The maximum absolute atomic E-state index is 13.5. The smallest absolute Gasteiger partial charge is 0.230 e. The number of piperidine rings is 1. The average molecular weight is 387 g/mol. The molecule has 0 bridgehead atoms. The van der Waals surface area contributed by atoms with Gasteiger partial charge in [-0.3, -0.25) is 19.6 Å². The summed E-state index contributed by atoms with van der Waals surface area (Å²) in [6.45, 7) is 10.5. The molecule has 3 saturated heterocycles. The number of pyridine rings is 1. The Morgan fingerprint density at radius 3 is 2.57 bits per heavy atom. The average Bonchev–Trinajstić information content (AvgIpc) is 3.21. The number of aromatic nitrogens is 1. The number of methoxy groups -OCH3 is 1. The Bertz CT molecular complexity index is 674. The maximum Gasteiger partial charge on any atom is 0.230 e. The van der Waals surface area contributed by atoms with Crippen molar-refractivity contribution in [3.8, 4) is 0 Å². The molecule has 6 nitrogen and oxygen atoms in total. The fourth-order valence-electron chi connectivity index (χ4n) is 5.84. The molecular formula is C22H34N4O2. The molecule has 4 rings (SSSR count). The molecule has 0 radical (unpaired) electrons. The fourth-order valence-corrected chi connectivity index (χ4v) is 5.84. The van der Waals surface area contributed by atoms with Gasteiger partial charge in [0.15, 0.2) is 0 Å². The second-order valence-corrected chi connectivity index (χ2v) is 8.80. The molecule has 1 aromatic rings. The van der Waals surface area contributed by atoms with Gasteiger partial charge in [-0.1, -0.05) is 6.07 Å². The van der Waals surface area contributed by atoms with Crippen LogP contribution < -0.4 is 0 Å². The van der Waals surface area contributed by atoms with Crippen LogP contribution in [0.5, 0.6) is 0 Å². The lowest BCUT2D eigenvalue weighted by Gasteiger charge is -2.47. The first-order valence-corrected chi connectivity index (χ1v) is 10.8. The van der Waals surface area contributed by atoms with E-state index in [-0.39, 0.29) is 10.8 Å². The molecule has 2 spiro atoms. The van der Waals surface area contributed by atoms with Gasteiger partial charge in [0.25, 0.3) is 0 Å². The van der Waals surface area contributed by atoms with E-state index in [1.807, 2.05) is 12.3 Å². The van der Waals surface area contributed by atoms with Gasteiger partial charge in [-0.2, -0.15) is 0 Å². The molecule has 0 aliphatic carbocycles. The molecule has 3 aliphatic rings. The minimum atomic E-state index is -0.187. The molecular weight excluding hydrogens is 352 g/mol. The number of hydrogen-bond acceptors (Lipinski definition) is 5. The van der Waals surface area contributed by atoms with Crippen LogP contribution in [-0.4, -0.2) is 85.1 Å². The maximum atomic E-state index is 13.5. The first-order chi connectivity index (χ1) is 13.6. The normalized spacial score (nSPS) is 28.1. The zero-order valence-corrected chi connectivity index (χ0v) is 17.4. The van der Waals surface area contributed by atoms with Gasteiger partial charge in [0.05, 0.1) is 17.7 Å². The van der Waals surface area contributed by atoms with Gasteiger partial charge in [-0.15, -0.1) is 0 Å². The number of carbonyl (C=O) groups excluding carboxylic acids is 1. The van der Waals surface area contributed by atoms with Crippen LogP contribution in [-0.2, 0) is 16.1 Å². The highest BCUT2D eigenvalue weighted by atomic mass is 16.5. The highest BCUT2D eigenvalue weighted by Gasteiger charge is 2.64. The van der Waals surface area contributed by atoms with Crippen molar-refractivity contribution >= 4 is 5.91 Å². The van der Waals surface area contributed by atoms with Crippen LogP contribution in [0.2, 0.25) is 0 Å². The van der Waals surface area contributed by atoms with Gasteiger partial charge in [-0.05, 0) is 51.4 Å². The summed E-state index contributed by atoms with van der Waals surface area (Å²) in [5.41, 5.74) is 1.06. The van der Waals surface area contributed by atoms with Gasteiger partial charge in [0, 0.05) is 58.0 Å². The summed E-state index contributed by atoms with van der Waals surface area (Å²) in [4.78, 5) is 25.0. The summed E-state index contributed by atoms with van der Waals surface area (Å²) in [5.74, 6) is 0.410. The van der Waals surface area contributed by atoms with Crippen molar-refractivity contribution < 1.29 is 9.53 Å². The van der Waals surface area contributed by atoms with Crippen LogP contribution in [0, 0.1) is 10.8 Å². The summed E-state index contributed by atoms with van der Waals surface area (Å²) in [6, 6.07) is 6.13. The third-order valence-electron chi connectivity index (χ3n) is 7.46. The van der Waals surface area contributed by atoms with Crippen LogP contribution in [0.3, 0.4) is 0 Å². The zero-order valence-electron chi connectivity index (χ0n) is 17.4. The van der Waals surface area contributed by atoms with Gasteiger partial charge >= 0.3 is 0 Å². The summed E-state index contributed by atoms with van der Waals surface area (Å²) in [5, 5.41) is 0. The van der Waals surface area contributed by atoms with E-state index in [2.05, 4.69) is 38.7 Å². The predicted octanol–water partition coefficient (Wildman–Crippen LogP) is 1.86. The van der Waals surface area contributed by atoms with Crippen molar-refractivity contribution in [2.45, 2.75) is 32.7 Å². The number of hydrogen-bond donors (Lipinski definition) is 0. The molecule has 1 unspecified atom stereocenters. The van der Waals surface area contributed by atoms with E-state index in [1.54, 1.807) is 7.11 Å². The molecule has 3 fully saturated rings. The third-order valence-corrected chi connectivity index (χ3v) is 7.46. The lowest BCUT2D eigenvalue weighted by atomic mass is 9.60. The molecule has 4 heterocycles. The van der Waals surface area contributed by atoms with Crippen LogP contribution >= 0.6 is 0 Å². The molecule has 3 aliphatic heterocycles. The molecule has 154 valence electrons. The zero-order chi connectivity index (χ0) is 19.6. The van der Waals surface area contributed by atoms with Crippen molar-refractivity contribution in [1.29, 1.82) is 0 Å². The Labute approximate surface area is 168 Å². The number of rotatable bonds is 6. The molecule has 0 aromatic carbocycles. The van der Waals surface area contributed by atoms with Crippen LogP contribution in [0.25, 0.3) is 0 Å². The molecule has 1 aromatic heterocycles. The molecule has 1 atom stereocenters. The quantitative estimate of drug-likeness (QED) is 0.747. The van der Waals surface area contributed by atoms with Crippen molar-refractivity contribution in [1.82, 2.24) is 19.7 Å². The molecule has 1 amide bonds. The Morgan fingerprint density at radius 2 is 1.93 bits per heavy atom. The monoisotopic (exact) mass is 386 g/mol. The van der Waals surface area contributed by atoms with E-state index in [0.717, 1.165) is 83.9 Å². The van der Waals surface area contributed by atoms with E-state index in [0.29, 0.717) is 5.91 Å². The third kappa shape index (κ3) is 3.36. The van der Waals surface area contributed by atoms with Gasteiger partial charge in [0.2, 0.25) is 5.91 Å². The Kier molecular flexibility index (Phi) is 5.72. The van der Waals surface area contributed by atoms with Crippen molar-refractivity contribution in [3.05, 3.63) is 30.1 Å². The molecule has 0 N–H and O–H groups in total. The summed E-state index contributed by atoms with van der Waals surface area (Å²) in [6.07, 6.45) is 5.10. The summed E-state index contributed by atoms with van der Waals surface area (Å²) >= 11 is 0. The first kappa shape index (κ1) is 19.8. The number of nitrogens with zero attached hydrogens (tertiary/aromatic N) is 4. The van der Waals surface area contributed by atoms with Gasteiger partial charge in [-0.25, -0.2) is 0 Å². The molecule has 6 heteroatoms. The fraction of sp³-hybridized carbons (Fsp3) is 0.727. The van der Waals surface area contributed by atoms with Crippen LogP contribution in [0.1, 0.15) is 31.9 Å². The Morgan fingerprint density at radius 1 is 1.11 bits per heavy atom. The van der Waals surface area contributed by atoms with Gasteiger partial charge in [0.1, 0.15) is 0 Å². The number of carbonyl (C=O) groups is 1. The number of likely N-dealkylation sites (tertiary alicyclic amines) is 3. The standard InChI is InChI=1S/C22H34N4O2/c1-3-26-13-9-22(20(26)27)18-25(14-15-28-2)17-21(22)7-11-24(12-8-21)16-19-6-4-5-10-23-19/h4-6,10H,3,7-9,11-18H2,1-2H3. The van der Waals surface area contributed by atoms with E-state index in [1.165, 1.54) is 0 Å². The highest BCUT2D eigenvalue weighted by molar-refractivity contribution is 5.86. The lowest BCUT2D eigenvalue weighted by molar-refractivity contribution is -0.142. The second kappa shape index (κ2) is 8.09. The van der Waals surface area contributed by atoms with E-state index >= 15 is 0 Å². The first-order valence-electron chi connectivity index (χ1n) is 10.8. The number of fused-ring (bicyclic) bond motifs is 1. The minimum Gasteiger partial charge on any atom is -0.383 e. The summed E-state index contributed by atoms with van der Waals surface area (Å²) in [7, 11) is 1.76. The van der Waals surface area contributed by atoms with E-state index in [4.69, 9.17) is 4.74 Å². The largest absolute Gasteiger partial charge is 0.383 e. The topological polar surface area (TPSA) is 48.9 Å².